The Hall–Kier alpha value is -2.21. The maximum Gasteiger partial charge on any atom is 0.310 e. The highest BCUT2D eigenvalue weighted by Crippen LogP contribution is 2.52. The zero-order chi connectivity index (χ0) is 15.5. The van der Waals surface area contributed by atoms with E-state index in [-0.39, 0.29) is 11.7 Å². The maximum atomic E-state index is 13.0. The van der Waals surface area contributed by atoms with Gasteiger partial charge in [0.1, 0.15) is 17.3 Å². The number of hydrogen-bond donors (Lipinski definition) is 1. The Morgan fingerprint density at radius 1 is 1.41 bits per heavy atom. The van der Waals surface area contributed by atoms with Gasteiger partial charge in [-0.25, -0.2) is 4.39 Å². The van der Waals surface area contributed by atoms with Gasteiger partial charge in [-0.15, -0.1) is 0 Å². The molecule has 2 bridgehead atoms. The highest BCUT2D eigenvalue weighted by Gasteiger charge is 2.66. The number of carbonyl (C=O) groups excluding carboxylic acids is 1. The van der Waals surface area contributed by atoms with Crippen LogP contribution in [0.15, 0.2) is 36.4 Å². The van der Waals surface area contributed by atoms with Crippen molar-refractivity contribution in [3.8, 4) is 0 Å². The number of fused-ring (bicyclic) bond motifs is 1. The Labute approximate surface area is 126 Å². The first-order chi connectivity index (χ1) is 10.5. The molecule has 1 N–H and O–H groups in total. The van der Waals surface area contributed by atoms with Gasteiger partial charge >= 0.3 is 5.97 Å². The number of likely N-dealkylation sites (tertiary alicyclic amines) is 1. The molecule has 0 saturated carbocycles. The molecule has 1 amide bonds. The van der Waals surface area contributed by atoms with E-state index in [0.29, 0.717) is 13.1 Å². The molecule has 2 saturated heterocycles. The largest absolute Gasteiger partial charge is 0.481 e. The van der Waals surface area contributed by atoms with E-state index in [1.54, 1.807) is 23.1 Å². The van der Waals surface area contributed by atoms with Crippen molar-refractivity contribution < 1.29 is 23.8 Å². The second kappa shape index (κ2) is 4.39. The summed E-state index contributed by atoms with van der Waals surface area (Å²) >= 11 is 0. The topological polar surface area (TPSA) is 66.8 Å². The van der Waals surface area contributed by atoms with Crippen molar-refractivity contribution in [1.82, 2.24) is 4.90 Å². The van der Waals surface area contributed by atoms with Gasteiger partial charge in [0.05, 0.1) is 18.6 Å². The first-order valence-corrected chi connectivity index (χ1v) is 7.13. The normalized spacial score (nSPS) is 35.2. The van der Waals surface area contributed by atoms with Gasteiger partial charge in [0, 0.05) is 6.54 Å². The van der Waals surface area contributed by atoms with E-state index in [4.69, 9.17) is 4.74 Å². The quantitative estimate of drug-likeness (QED) is 0.852. The zero-order valence-corrected chi connectivity index (χ0v) is 11.6. The predicted octanol–water partition coefficient (Wildman–Crippen LogP) is 1.19. The third kappa shape index (κ3) is 1.73. The number of halogens is 1. The van der Waals surface area contributed by atoms with E-state index in [9.17, 15) is 19.1 Å². The molecule has 1 aromatic rings. The first-order valence-electron chi connectivity index (χ1n) is 7.13. The van der Waals surface area contributed by atoms with E-state index in [1.165, 1.54) is 12.1 Å². The van der Waals surface area contributed by atoms with E-state index in [0.717, 1.165) is 5.56 Å². The summed E-state index contributed by atoms with van der Waals surface area (Å²) in [6.07, 6.45) is 3.05. The number of aliphatic carboxylic acids is 1. The molecule has 0 radical (unpaired) electrons. The van der Waals surface area contributed by atoms with Crippen LogP contribution in [0, 0.1) is 17.7 Å². The molecule has 22 heavy (non-hydrogen) atoms. The monoisotopic (exact) mass is 303 g/mol. The van der Waals surface area contributed by atoms with E-state index in [1.807, 2.05) is 6.08 Å². The average molecular weight is 303 g/mol. The van der Waals surface area contributed by atoms with Gasteiger partial charge in [-0.1, -0.05) is 24.3 Å². The van der Waals surface area contributed by atoms with Gasteiger partial charge in [0.25, 0.3) is 0 Å². The van der Waals surface area contributed by atoms with Crippen molar-refractivity contribution in [3.05, 3.63) is 47.8 Å². The van der Waals surface area contributed by atoms with Crippen LogP contribution in [0.5, 0.6) is 0 Å². The number of carboxylic acid groups (broad SMARTS) is 1. The lowest BCUT2D eigenvalue weighted by atomic mass is 9.77. The molecular weight excluding hydrogens is 289 g/mol. The van der Waals surface area contributed by atoms with Crippen LogP contribution < -0.4 is 0 Å². The van der Waals surface area contributed by atoms with Crippen LogP contribution >= 0.6 is 0 Å². The summed E-state index contributed by atoms with van der Waals surface area (Å²) < 4.78 is 18.8. The van der Waals surface area contributed by atoms with Crippen molar-refractivity contribution in [1.29, 1.82) is 0 Å². The Bertz CT molecular complexity index is 686. The smallest absolute Gasteiger partial charge is 0.310 e. The fraction of sp³-hybridized carbons (Fsp3) is 0.375. The van der Waals surface area contributed by atoms with Gasteiger partial charge in [0.15, 0.2) is 0 Å². The molecule has 4 unspecified atom stereocenters. The minimum absolute atomic E-state index is 0.205. The molecule has 2 fully saturated rings. The highest BCUT2D eigenvalue weighted by molar-refractivity contribution is 5.90. The molecule has 6 heteroatoms. The Balaban J connectivity index is 1.61. The minimum atomic E-state index is -1.00. The predicted molar refractivity (Wildman–Crippen MR) is 73.2 cm³/mol. The van der Waals surface area contributed by atoms with Gasteiger partial charge < -0.3 is 14.7 Å². The van der Waals surface area contributed by atoms with Crippen molar-refractivity contribution in [2.24, 2.45) is 11.8 Å². The lowest BCUT2D eigenvalue weighted by Crippen LogP contribution is -2.39. The van der Waals surface area contributed by atoms with Gasteiger partial charge in [-0.2, -0.15) is 0 Å². The minimum Gasteiger partial charge on any atom is -0.481 e. The summed E-state index contributed by atoms with van der Waals surface area (Å²) in [6, 6.07) is 5.93. The molecule has 5 nitrogen and oxygen atoms in total. The molecule has 3 heterocycles. The molecule has 4 atom stereocenters. The summed E-state index contributed by atoms with van der Waals surface area (Å²) in [6.45, 7) is 0.663. The van der Waals surface area contributed by atoms with Crippen LogP contribution in [0.2, 0.25) is 0 Å². The average Bonchev–Trinajstić information content (AvgIpc) is 3.10. The number of rotatable bonds is 3. The molecule has 1 aromatic carbocycles. The number of carboxylic acids is 1. The fourth-order valence-electron chi connectivity index (χ4n) is 3.80. The number of amides is 1. The first kappa shape index (κ1) is 13.5. The molecular formula is C16H14FNO4. The van der Waals surface area contributed by atoms with Crippen molar-refractivity contribution in [2.75, 3.05) is 6.54 Å². The summed E-state index contributed by atoms with van der Waals surface area (Å²) in [4.78, 5) is 25.7. The summed E-state index contributed by atoms with van der Waals surface area (Å²) in [7, 11) is 0. The van der Waals surface area contributed by atoms with Crippen LogP contribution in [0.4, 0.5) is 4.39 Å². The molecule has 0 aromatic heterocycles. The van der Waals surface area contributed by atoms with Gasteiger partial charge in [-0.3, -0.25) is 9.59 Å². The van der Waals surface area contributed by atoms with E-state index >= 15 is 0 Å². The molecule has 1 spiro atoms. The van der Waals surface area contributed by atoms with E-state index in [2.05, 4.69) is 0 Å². The Morgan fingerprint density at radius 3 is 2.82 bits per heavy atom. The third-order valence-electron chi connectivity index (χ3n) is 4.75. The Kier molecular flexibility index (Phi) is 2.69. The van der Waals surface area contributed by atoms with Crippen LogP contribution in [-0.2, 0) is 20.9 Å². The highest BCUT2D eigenvalue weighted by atomic mass is 19.1. The maximum absolute atomic E-state index is 13.0. The number of benzene rings is 1. The Morgan fingerprint density at radius 2 is 2.14 bits per heavy atom. The lowest BCUT2D eigenvalue weighted by molar-refractivity contribution is -0.148. The molecule has 4 rings (SSSR count). The number of carbonyl (C=O) groups is 2. The molecule has 0 aliphatic carbocycles. The number of nitrogens with zero attached hydrogens (tertiary/aromatic N) is 1. The van der Waals surface area contributed by atoms with Crippen molar-refractivity contribution in [3.63, 3.8) is 0 Å². The molecule has 3 aliphatic rings. The fourth-order valence-corrected chi connectivity index (χ4v) is 3.80. The summed E-state index contributed by atoms with van der Waals surface area (Å²) in [5.74, 6) is -3.03. The second-order valence-corrected chi connectivity index (χ2v) is 6.06. The number of hydrogen-bond acceptors (Lipinski definition) is 3. The SMILES string of the molecule is O=C(O)C1C2C=CC3(CN(Cc4ccc(F)cc4)C(=O)C13)O2. The van der Waals surface area contributed by atoms with Crippen LogP contribution in [0.1, 0.15) is 5.56 Å². The van der Waals surface area contributed by atoms with Gasteiger partial charge in [-0.05, 0) is 17.7 Å². The third-order valence-corrected chi connectivity index (χ3v) is 4.75. The van der Waals surface area contributed by atoms with Crippen LogP contribution in [0.3, 0.4) is 0 Å². The van der Waals surface area contributed by atoms with Crippen molar-refractivity contribution in [2.45, 2.75) is 18.2 Å². The summed E-state index contributed by atoms with van der Waals surface area (Å²) in [5.41, 5.74) is -0.0123. The standard InChI is InChI=1S/C16H14FNO4/c17-10-3-1-9(2-4-10)7-18-8-16-6-5-11(22-16)12(15(20)21)13(16)14(18)19/h1-6,11-13H,7-8H2,(H,20,21). The molecule has 114 valence electrons. The lowest BCUT2D eigenvalue weighted by Gasteiger charge is -2.21. The number of ether oxygens (including phenoxy) is 1. The van der Waals surface area contributed by atoms with Crippen LogP contribution in [0.25, 0.3) is 0 Å². The summed E-state index contributed by atoms with van der Waals surface area (Å²) in [5, 5.41) is 9.38. The zero-order valence-electron chi connectivity index (χ0n) is 11.6. The molecule has 3 aliphatic heterocycles. The van der Waals surface area contributed by atoms with E-state index < -0.39 is 29.5 Å². The van der Waals surface area contributed by atoms with Crippen molar-refractivity contribution >= 4 is 11.9 Å². The van der Waals surface area contributed by atoms with Crippen LogP contribution in [-0.4, -0.2) is 40.1 Å². The second-order valence-electron chi connectivity index (χ2n) is 6.06. The van der Waals surface area contributed by atoms with Gasteiger partial charge in [0.2, 0.25) is 5.91 Å².